The molecule has 0 aliphatic carbocycles. The van der Waals surface area contributed by atoms with Gasteiger partial charge in [0.2, 0.25) is 0 Å². The summed E-state index contributed by atoms with van der Waals surface area (Å²) in [4.78, 5) is 28.8. The number of nitrogens with two attached hydrogens (primary N) is 1. The van der Waals surface area contributed by atoms with Crippen LogP contribution in [0.2, 0.25) is 0 Å². The van der Waals surface area contributed by atoms with Gasteiger partial charge in [0.05, 0.1) is 22.4 Å². The molecule has 1 heterocycles. The molecule has 0 saturated heterocycles. The Hall–Kier alpha value is -3.13. The summed E-state index contributed by atoms with van der Waals surface area (Å²) in [6.45, 7) is 3.99. The van der Waals surface area contributed by atoms with E-state index in [1.165, 1.54) is 18.3 Å². The van der Waals surface area contributed by atoms with Crippen molar-refractivity contribution in [2.24, 2.45) is 0 Å². The molecule has 0 aliphatic heterocycles. The van der Waals surface area contributed by atoms with Gasteiger partial charge in [0, 0.05) is 5.69 Å². The average Bonchev–Trinajstić information content (AvgIpc) is 3.03. The zero-order chi connectivity index (χ0) is 19.4. The molecule has 2 aromatic carbocycles. The van der Waals surface area contributed by atoms with Crippen LogP contribution in [0.5, 0.6) is 5.75 Å². The highest BCUT2D eigenvalue weighted by atomic mass is 32.1. The number of amides is 1. The molecular formula is C19H19N3O4S. The van der Waals surface area contributed by atoms with E-state index in [2.05, 4.69) is 10.3 Å². The molecule has 140 valence electrons. The molecular weight excluding hydrogens is 366 g/mol. The number of aromatic nitrogens is 1. The fourth-order valence-corrected chi connectivity index (χ4v) is 3.22. The van der Waals surface area contributed by atoms with E-state index in [1.807, 2.05) is 25.1 Å². The molecule has 3 aromatic rings. The van der Waals surface area contributed by atoms with E-state index in [1.54, 1.807) is 24.3 Å². The monoisotopic (exact) mass is 385 g/mol. The normalized spacial score (nSPS) is 11.8. The molecule has 0 bridgehead atoms. The van der Waals surface area contributed by atoms with E-state index in [-0.39, 0.29) is 0 Å². The summed E-state index contributed by atoms with van der Waals surface area (Å²) in [6, 6.07) is 11.8. The molecule has 1 atom stereocenters. The summed E-state index contributed by atoms with van der Waals surface area (Å²) < 4.78 is 11.6. The van der Waals surface area contributed by atoms with Gasteiger partial charge in [-0.2, -0.15) is 0 Å². The maximum Gasteiger partial charge on any atom is 0.338 e. The van der Waals surface area contributed by atoms with Crippen LogP contribution in [-0.4, -0.2) is 29.6 Å². The molecule has 27 heavy (non-hydrogen) atoms. The van der Waals surface area contributed by atoms with Crippen LogP contribution in [0.25, 0.3) is 10.2 Å². The van der Waals surface area contributed by atoms with Crippen LogP contribution < -0.4 is 15.8 Å². The molecule has 0 saturated carbocycles. The predicted octanol–water partition coefficient (Wildman–Crippen LogP) is 3.46. The van der Waals surface area contributed by atoms with E-state index in [0.29, 0.717) is 23.0 Å². The number of fused-ring (bicyclic) bond motifs is 1. The maximum absolute atomic E-state index is 12.3. The quantitative estimate of drug-likeness (QED) is 0.497. The van der Waals surface area contributed by atoms with Crippen molar-refractivity contribution in [2.75, 3.05) is 17.7 Å². The fraction of sp³-hybridized carbons (Fsp3) is 0.211. The van der Waals surface area contributed by atoms with E-state index >= 15 is 0 Å². The van der Waals surface area contributed by atoms with Gasteiger partial charge in [-0.25, -0.2) is 9.78 Å². The molecule has 3 rings (SSSR count). The van der Waals surface area contributed by atoms with E-state index in [0.717, 1.165) is 16.0 Å². The summed E-state index contributed by atoms with van der Waals surface area (Å²) >= 11 is 1.32. The number of esters is 1. The predicted molar refractivity (Wildman–Crippen MR) is 105 cm³/mol. The number of ether oxygens (including phenoxy) is 2. The van der Waals surface area contributed by atoms with Gasteiger partial charge in [0.25, 0.3) is 5.91 Å². The highest BCUT2D eigenvalue weighted by molar-refractivity contribution is 7.22. The number of anilines is 2. The summed E-state index contributed by atoms with van der Waals surface area (Å²) in [5.41, 5.74) is 7.21. The van der Waals surface area contributed by atoms with Gasteiger partial charge in [-0.1, -0.05) is 11.3 Å². The Morgan fingerprint density at radius 1 is 1.22 bits per heavy atom. The van der Waals surface area contributed by atoms with Crippen molar-refractivity contribution in [2.45, 2.75) is 20.0 Å². The molecule has 1 aromatic heterocycles. The highest BCUT2D eigenvalue weighted by Gasteiger charge is 2.20. The summed E-state index contributed by atoms with van der Waals surface area (Å²) in [5.74, 6) is -0.302. The first kappa shape index (κ1) is 18.7. The second kappa shape index (κ2) is 8.05. The standard InChI is InChI=1S/C19H19N3O4S/c1-3-25-14-8-9-15-16(10-14)27-19(21-15)22-17(23)11(2)26-18(24)12-4-6-13(20)7-5-12/h4-11H,3,20H2,1-2H3,(H,21,22,23). The molecule has 7 nitrogen and oxygen atoms in total. The third-order valence-electron chi connectivity index (χ3n) is 3.70. The number of rotatable bonds is 6. The van der Waals surface area contributed by atoms with Crippen LogP contribution in [0.15, 0.2) is 42.5 Å². The Balaban J connectivity index is 1.64. The van der Waals surface area contributed by atoms with E-state index < -0.39 is 18.0 Å². The Labute approximate surface area is 160 Å². The van der Waals surface area contributed by atoms with Gasteiger partial charge in [-0.15, -0.1) is 0 Å². The summed E-state index contributed by atoms with van der Waals surface area (Å²) in [5, 5.41) is 3.11. The van der Waals surface area contributed by atoms with Crippen molar-refractivity contribution in [3.8, 4) is 5.75 Å². The lowest BCUT2D eigenvalue weighted by molar-refractivity contribution is -0.123. The van der Waals surface area contributed by atoms with Crippen molar-refractivity contribution >= 4 is 44.2 Å². The summed E-state index contributed by atoms with van der Waals surface area (Å²) in [7, 11) is 0. The van der Waals surface area contributed by atoms with Crippen molar-refractivity contribution < 1.29 is 19.1 Å². The zero-order valence-electron chi connectivity index (χ0n) is 14.9. The SMILES string of the molecule is CCOc1ccc2nc(NC(=O)C(C)OC(=O)c3ccc(N)cc3)sc2c1. The minimum atomic E-state index is -0.971. The van der Waals surface area contributed by atoms with Gasteiger partial charge in [0.15, 0.2) is 11.2 Å². The molecule has 0 aliphatic rings. The maximum atomic E-state index is 12.3. The Morgan fingerprint density at radius 3 is 2.67 bits per heavy atom. The number of carbonyl (C=O) groups excluding carboxylic acids is 2. The largest absolute Gasteiger partial charge is 0.494 e. The number of nitrogens with one attached hydrogen (secondary N) is 1. The number of nitrogens with zero attached hydrogens (tertiary/aromatic N) is 1. The second-order valence-electron chi connectivity index (χ2n) is 5.74. The Morgan fingerprint density at radius 2 is 1.96 bits per heavy atom. The van der Waals surface area contributed by atoms with E-state index in [9.17, 15) is 9.59 Å². The zero-order valence-corrected chi connectivity index (χ0v) is 15.7. The first-order chi connectivity index (χ1) is 13.0. The van der Waals surface area contributed by atoms with Crippen LogP contribution in [0, 0.1) is 0 Å². The number of carbonyl (C=O) groups is 2. The number of hydrogen-bond donors (Lipinski definition) is 2. The number of nitrogen functional groups attached to an aromatic ring is 1. The van der Waals surface area contributed by atoms with E-state index in [4.69, 9.17) is 15.2 Å². The van der Waals surface area contributed by atoms with Gasteiger partial charge in [0.1, 0.15) is 5.75 Å². The number of benzene rings is 2. The topological polar surface area (TPSA) is 104 Å². The first-order valence-electron chi connectivity index (χ1n) is 8.37. The average molecular weight is 385 g/mol. The van der Waals surface area contributed by atoms with Crippen molar-refractivity contribution in [3.63, 3.8) is 0 Å². The van der Waals surface area contributed by atoms with Crippen molar-refractivity contribution in [1.29, 1.82) is 0 Å². The minimum absolute atomic E-state index is 0.326. The lowest BCUT2D eigenvalue weighted by atomic mass is 10.2. The molecule has 0 fully saturated rings. The third kappa shape index (κ3) is 4.53. The number of thiazole rings is 1. The molecule has 8 heteroatoms. The number of hydrogen-bond acceptors (Lipinski definition) is 7. The molecule has 1 amide bonds. The minimum Gasteiger partial charge on any atom is -0.494 e. The molecule has 3 N–H and O–H groups in total. The van der Waals surface area contributed by atoms with Crippen LogP contribution in [0.3, 0.4) is 0 Å². The van der Waals surface area contributed by atoms with Gasteiger partial charge >= 0.3 is 5.97 Å². The van der Waals surface area contributed by atoms with Crippen LogP contribution >= 0.6 is 11.3 Å². The van der Waals surface area contributed by atoms with Crippen LogP contribution in [0.1, 0.15) is 24.2 Å². The van der Waals surface area contributed by atoms with Gasteiger partial charge < -0.3 is 15.2 Å². The van der Waals surface area contributed by atoms with Crippen molar-refractivity contribution in [3.05, 3.63) is 48.0 Å². The molecule has 0 radical (unpaired) electrons. The lowest BCUT2D eigenvalue weighted by Gasteiger charge is -2.12. The van der Waals surface area contributed by atoms with Crippen LogP contribution in [0.4, 0.5) is 10.8 Å². The van der Waals surface area contributed by atoms with Gasteiger partial charge in [-0.05, 0) is 56.3 Å². The second-order valence-corrected chi connectivity index (χ2v) is 6.77. The highest BCUT2D eigenvalue weighted by Crippen LogP contribution is 2.29. The smallest absolute Gasteiger partial charge is 0.338 e. The third-order valence-corrected chi connectivity index (χ3v) is 4.63. The van der Waals surface area contributed by atoms with Crippen LogP contribution in [-0.2, 0) is 9.53 Å². The Bertz CT molecular complexity index is 969. The lowest BCUT2D eigenvalue weighted by Crippen LogP contribution is -2.29. The summed E-state index contributed by atoms with van der Waals surface area (Å²) in [6.07, 6.45) is -0.971. The molecule has 1 unspecified atom stereocenters. The van der Waals surface area contributed by atoms with Gasteiger partial charge in [-0.3, -0.25) is 10.1 Å². The molecule has 0 spiro atoms. The van der Waals surface area contributed by atoms with Crippen molar-refractivity contribution in [1.82, 2.24) is 4.98 Å². The first-order valence-corrected chi connectivity index (χ1v) is 9.18. The fourth-order valence-electron chi connectivity index (χ4n) is 2.32. The Kier molecular flexibility index (Phi) is 5.56.